The molecule has 0 aromatic heterocycles. The Morgan fingerprint density at radius 3 is 2.46 bits per heavy atom. The predicted octanol–water partition coefficient (Wildman–Crippen LogP) is 2.54. The Balaban J connectivity index is 1.47. The molecule has 4 rings (SSSR count). The van der Waals surface area contributed by atoms with E-state index < -0.39 is 0 Å². The molecule has 3 N–H and O–H groups in total. The molecule has 1 saturated heterocycles. The number of rotatable bonds is 2. The van der Waals surface area contributed by atoms with Crippen LogP contribution in [0.1, 0.15) is 22.3 Å². The average Bonchev–Trinajstić information content (AvgIpc) is 2.64. The van der Waals surface area contributed by atoms with Crippen LogP contribution in [0.5, 0.6) is 0 Å². The second-order valence-corrected chi connectivity index (χ2v) is 7.77. The molecule has 2 aromatic rings. The van der Waals surface area contributed by atoms with Gasteiger partial charge in [-0.3, -0.25) is 4.90 Å². The first-order valence-corrected chi connectivity index (χ1v) is 9.64. The van der Waals surface area contributed by atoms with Gasteiger partial charge in [0.15, 0.2) is 0 Å². The predicted molar refractivity (Wildman–Crippen MR) is 108 cm³/mol. The largest absolute Gasteiger partial charge is 0.398 e. The number of aryl methyl sites for hydroxylation is 1. The van der Waals surface area contributed by atoms with Crippen molar-refractivity contribution >= 4 is 11.4 Å². The van der Waals surface area contributed by atoms with Crippen LogP contribution in [0, 0.1) is 13.8 Å². The van der Waals surface area contributed by atoms with Gasteiger partial charge in [-0.1, -0.05) is 24.3 Å². The number of aliphatic hydroxyl groups excluding tert-OH is 1. The summed E-state index contributed by atoms with van der Waals surface area (Å²) in [6, 6.07) is 12.9. The molecular weight excluding hydrogens is 322 g/mol. The summed E-state index contributed by atoms with van der Waals surface area (Å²) >= 11 is 0. The minimum absolute atomic E-state index is 0.229. The Kier molecular flexibility index (Phi) is 4.63. The van der Waals surface area contributed by atoms with Crippen molar-refractivity contribution in [3.8, 4) is 0 Å². The third-order valence-electron chi connectivity index (χ3n) is 6.26. The molecule has 138 valence electrons. The molecule has 2 aliphatic rings. The third-order valence-corrected chi connectivity index (χ3v) is 6.26. The van der Waals surface area contributed by atoms with Crippen LogP contribution in [0.4, 0.5) is 11.4 Å². The first kappa shape index (κ1) is 17.4. The van der Waals surface area contributed by atoms with Crippen molar-refractivity contribution in [3.05, 3.63) is 58.7 Å². The van der Waals surface area contributed by atoms with Crippen LogP contribution >= 0.6 is 0 Å². The van der Waals surface area contributed by atoms with Gasteiger partial charge in [0, 0.05) is 50.0 Å². The van der Waals surface area contributed by atoms with Crippen LogP contribution in [0.15, 0.2) is 36.4 Å². The summed E-state index contributed by atoms with van der Waals surface area (Å²) in [5, 5.41) is 10.8. The molecule has 1 aliphatic carbocycles. The standard InChI is InChI=1S/C22H29N3O/c1-15-5-3-6-17-13-22(26)21(14-18(15)17)25-11-9-24(10-12-25)20-8-4-7-19(23)16(20)2/h3-8,21-22,26H,9-14,23H2,1-2H3. The van der Waals surface area contributed by atoms with E-state index in [1.807, 2.05) is 12.1 Å². The summed E-state index contributed by atoms with van der Waals surface area (Å²) in [7, 11) is 0. The van der Waals surface area contributed by atoms with Gasteiger partial charge in [-0.25, -0.2) is 0 Å². The summed E-state index contributed by atoms with van der Waals surface area (Å²) in [6.07, 6.45) is 1.46. The average molecular weight is 351 g/mol. The molecule has 2 aromatic carbocycles. The summed E-state index contributed by atoms with van der Waals surface area (Å²) in [6.45, 7) is 8.21. The molecule has 2 unspecified atom stereocenters. The Morgan fingerprint density at radius 1 is 0.962 bits per heavy atom. The molecule has 1 aliphatic heterocycles. The number of nitrogens with zero attached hydrogens (tertiary/aromatic N) is 2. The van der Waals surface area contributed by atoms with E-state index in [1.54, 1.807) is 0 Å². The number of nitrogen functional groups attached to an aromatic ring is 1. The van der Waals surface area contributed by atoms with E-state index in [0.717, 1.165) is 44.7 Å². The number of anilines is 2. The lowest BCUT2D eigenvalue weighted by Crippen LogP contribution is -2.56. The van der Waals surface area contributed by atoms with Crippen molar-refractivity contribution in [2.45, 2.75) is 38.8 Å². The molecule has 4 heteroatoms. The van der Waals surface area contributed by atoms with Crippen molar-refractivity contribution in [1.82, 2.24) is 4.90 Å². The van der Waals surface area contributed by atoms with E-state index in [9.17, 15) is 5.11 Å². The fraction of sp³-hybridized carbons (Fsp3) is 0.455. The number of hydrogen-bond donors (Lipinski definition) is 2. The Bertz CT molecular complexity index is 796. The Labute approximate surface area is 156 Å². The van der Waals surface area contributed by atoms with Crippen molar-refractivity contribution in [1.29, 1.82) is 0 Å². The van der Waals surface area contributed by atoms with E-state index in [0.29, 0.717) is 0 Å². The van der Waals surface area contributed by atoms with Gasteiger partial charge in [0.2, 0.25) is 0 Å². The molecule has 0 radical (unpaired) electrons. The second-order valence-electron chi connectivity index (χ2n) is 7.77. The molecule has 1 heterocycles. The maximum Gasteiger partial charge on any atom is 0.0739 e. The van der Waals surface area contributed by atoms with Crippen molar-refractivity contribution in [2.75, 3.05) is 36.8 Å². The Hall–Kier alpha value is -2.04. The smallest absolute Gasteiger partial charge is 0.0739 e. The molecule has 2 atom stereocenters. The molecule has 0 amide bonds. The maximum atomic E-state index is 10.8. The highest BCUT2D eigenvalue weighted by Crippen LogP contribution is 2.30. The number of piperazine rings is 1. The van der Waals surface area contributed by atoms with Gasteiger partial charge in [0.25, 0.3) is 0 Å². The minimum atomic E-state index is -0.273. The van der Waals surface area contributed by atoms with Crippen LogP contribution in [-0.4, -0.2) is 48.3 Å². The molecular formula is C22H29N3O. The van der Waals surface area contributed by atoms with Crippen molar-refractivity contribution in [2.24, 2.45) is 0 Å². The zero-order chi connectivity index (χ0) is 18.3. The fourth-order valence-electron chi connectivity index (χ4n) is 4.60. The number of aliphatic hydroxyl groups is 1. The van der Waals surface area contributed by atoms with Gasteiger partial charge in [0.1, 0.15) is 0 Å². The molecule has 4 nitrogen and oxygen atoms in total. The number of hydrogen-bond acceptors (Lipinski definition) is 4. The molecule has 1 fully saturated rings. The van der Waals surface area contributed by atoms with Gasteiger partial charge in [-0.2, -0.15) is 0 Å². The van der Waals surface area contributed by atoms with Crippen molar-refractivity contribution < 1.29 is 5.11 Å². The number of benzene rings is 2. The second kappa shape index (κ2) is 6.93. The zero-order valence-electron chi connectivity index (χ0n) is 15.8. The van der Waals surface area contributed by atoms with E-state index in [4.69, 9.17) is 5.73 Å². The molecule has 0 saturated carbocycles. The quantitative estimate of drug-likeness (QED) is 0.817. The van der Waals surface area contributed by atoms with Crippen LogP contribution in [0.2, 0.25) is 0 Å². The lowest BCUT2D eigenvalue weighted by atomic mass is 9.83. The van der Waals surface area contributed by atoms with Crippen molar-refractivity contribution in [3.63, 3.8) is 0 Å². The van der Waals surface area contributed by atoms with Crippen LogP contribution < -0.4 is 10.6 Å². The fourth-order valence-corrected chi connectivity index (χ4v) is 4.60. The van der Waals surface area contributed by atoms with Gasteiger partial charge in [-0.05, 0) is 54.7 Å². The summed E-state index contributed by atoms with van der Waals surface area (Å²) in [4.78, 5) is 4.91. The number of fused-ring (bicyclic) bond motifs is 1. The van der Waals surface area contributed by atoms with Gasteiger partial charge < -0.3 is 15.7 Å². The van der Waals surface area contributed by atoms with E-state index in [1.165, 1.54) is 27.9 Å². The summed E-state index contributed by atoms with van der Waals surface area (Å²) < 4.78 is 0. The van der Waals surface area contributed by atoms with E-state index >= 15 is 0 Å². The maximum absolute atomic E-state index is 10.8. The topological polar surface area (TPSA) is 52.7 Å². The lowest BCUT2D eigenvalue weighted by molar-refractivity contribution is 0.0394. The summed E-state index contributed by atoms with van der Waals surface area (Å²) in [5.74, 6) is 0. The van der Waals surface area contributed by atoms with E-state index in [2.05, 4.69) is 47.9 Å². The zero-order valence-corrected chi connectivity index (χ0v) is 15.8. The van der Waals surface area contributed by atoms with Gasteiger partial charge >= 0.3 is 0 Å². The minimum Gasteiger partial charge on any atom is -0.398 e. The monoisotopic (exact) mass is 351 g/mol. The molecule has 26 heavy (non-hydrogen) atoms. The van der Waals surface area contributed by atoms with Crippen LogP contribution in [-0.2, 0) is 12.8 Å². The lowest BCUT2D eigenvalue weighted by Gasteiger charge is -2.44. The molecule has 0 bridgehead atoms. The summed E-state index contributed by atoms with van der Waals surface area (Å²) in [5.41, 5.74) is 13.5. The van der Waals surface area contributed by atoms with Crippen LogP contribution in [0.25, 0.3) is 0 Å². The normalized spacial score (nSPS) is 23.7. The van der Waals surface area contributed by atoms with E-state index in [-0.39, 0.29) is 12.1 Å². The first-order valence-electron chi connectivity index (χ1n) is 9.64. The highest BCUT2D eigenvalue weighted by Gasteiger charge is 2.34. The van der Waals surface area contributed by atoms with Crippen LogP contribution in [0.3, 0.4) is 0 Å². The highest BCUT2D eigenvalue weighted by molar-refractivity contribution is 5.64. The molecule has 0 spiro atoms. The highest BCUT2D eigenvalue weighted by atomic mass is 16.3. The van der Waals surface area contributed by atoms with Gasteiger partial charge in [0.05, 0.1) is 6.10 Å². The third kappa shape index (κ3) is 3.08. The first-order chi connectivity index (χ1) is 12.5. The SMILES string of the molecule is Cc1cccc2c1CC(N1CCN(c3cccc(N)c3C)CC1)C(O)C2. The number of nitrogens with two attached hydrogens (primary N) is 1. The van der Waals surface area contributed by atoms with Gasteiger partial charge in [-0.15, -0.1) is 0 Å². The Morgan fingerprint density at radius 2 is 1.69 bits per heavy atom.